The molecule has 1 unspecified atom stereocenters. The van der Waals surface area contributed by atoms with Gasteiger partial charge in [0.25, 0.3) is 0 Å². The van der Waals surface area contributed by atoms with Gasteiger partial charge < -0.3 is 9.80 Å². The van der Waals surface area contributed by atoms with Crippen LogP contribution >= 0.6 is 0 Å². The number of nitrogens with zero attached hydrogens (tertiary/aromatic N) is 2. The maximum Gasteiger partial charge on any atom is 0.228 e. The van der Waals surface area contributed by atoms with Crippen LogP contribution in [0, 0.1) is 19.8 Å². The Morgan fingerprint density at radius 3 is 2.32 bits per heavy atom. The molecule has 0 bridgehead atoms. The summed E-state index contributed by atoms with van der Waals surface area (Å²) in [5.41, 5.74) is 3.22. The van der Waals surface area contributed by atoms with E-state index in [1.54, 1.807) is 4.90 Å². The van der Waals surface area contributed by atoms with E-state index in [1.165, 1.54) is 6.42 Å². The van der Waals surface area contributed by atoms with Crippen molar-refractivity contribution in [3.63, 3.8) is 0 Å². The summed E-state index contributed by atoms with van der Waals surface area (Å²) in [5.74, 6) is 0.0618. The Balaban J connectivity index is 1.73. The molecule has 1 atom stereocenters. The first-order valence-corrected chi connectivity index (χ1v) is 8.22. The van der Waals surface area contributed by atoms with E-state index in [1.807, 2.05) is 30.9 Å². The first kappa shape index (κ1) is 15.1. The van der Waals surface area contributed by atoms with Crippen LogP contribution in [0.1, 0.15) is 36.8 Å². The van der Waals surface area contributed by atoms with Gasteiger partial charge in [-0.15, -0.1) is 0 Å². The van der Waals surface area contributed by atoms with Crippen molar-refractivity contribution in [1.29, 1.82) is 0 Å². The van der Waals surface area contributed by atoms with Gasteiger partial charge in [0.05, 0.1) is 5.92 Å². The highest BCUT2D eigenvalue weighted by Gasteiger charge is 2.37. The summed E-state index contributed by atoms with van der Waals surface area (Å²) in [6, 6.07) is 6.15. The summed E-state index contributed by atoms with van der Waals surface area (Å²) in [4.78, 5) is 28.7. The number of benzene rings is 1. The van der Waals surface area contributed by atoms with Crippen LogP contribution in [0.4, 0.5) is 5.69 Å². The van der Waals surface area contributed by atoms with Gasteiger partial charge in [0.15, 0.2) is 0 Å². The first-order chi connectivity index (χ1) is 10.5. The summed E-state index contributed by atoms with van der Waals surface area (Å²) >= 11 is 0. The van der Waals surface area contributed by atoms with Gasteiger partial charge in [0, 0.05) is 31.7 Å². The molecule has 3 rings (SSSR count). The lowest BCUT2D eigenvalue weighted by Crippen LogP contribution is -2.40. The minimum atomic E-state index is -0.175. The fraction of sp³-hybridized carbons (Fsp3) is 0.556. The molecule has 4 heteroatoms. The van der Waals surface area contributed by atoms with Gasteiger partial charge in [0.2, 0.25) is 11.8 Å². The second-order valence-corrected chi connectivity index (χ2v) is 6.64. The van der Waals surface area contributed by atoms with Crippen LogP contribution in [-0.4, -0.2) is 36.3 Å². The SMILES string of the molecule is Cc1cc(C)cc(N2CC(C(=O)N3CCCCC3)CC2=O)c1. The van der Waals surface area contributed by atoms with E-state index in [0.29, 0.717) is 13.0 Å². The van der Waals surface area contributed by atoms with Gasteiger partial charge in [-0.1, -0.05) is 6.07 Å². The molecule has 0 N–H and O–H groups in total. The number of piperidine rings is 1. The largest absolute Gasteiger partial charge is 0.342 e. The van der Waals surface area contributed by atoms with Crippen molar-refractivity contribution in [3.05, 3.63) is 29.3 Å². The van der Waals surface area contributed by atoms with Crippen LogP contribution in [0.2, 0.25) is 0 Å². The molecular weight excluding hydrogens is 276 g/mol. The summed E-state index contributed by atoms with van der Waals surface area (Å²) in [7, 11) is 0. The number of hydrogen-bond donors (Lipinski definition) is 0. The Morgan fingerprint density at radius 1 is 1.05 bits per heavy atom. The van der Waals surface area contributed by atoms with Crippen molar-refractivity contribution in [3.8, 4) is 0 Å². The third-order valence-electron chi connectivity index (χ3n) is 4.66. The Bertz CT molecular complexity index is 570. The lowest BCUT2D eigenvalue weighted by atomic mass is 10.0. The molecule has 2 amide bonds. The van der Waals surface area contributed by atoms with E-state index in [4.69, 9.17) is 0 Å². The molecule has 118 valence electrons. The molecule has 1 aromatic carbocycles. The average molecular weight is 300 g/mol. The molecule has 2 aliphatic rings. The highest BCUT2D eigenvalue weighted by atomic mass is 16.2. The topological polar surface area (TPSA) is 40.6 Å². The van der Waals surface area contributed by atoms with Crippen LogP contribution in [0.15, 0.2) is 18.2 Å². The number of anilines is 1. The van der Waals surface area contributed by atoms with Crippen molar-refractivity contribution in [1.82, 2.24) is 4.90 Å². The summed E-state index contributed by atoms with van der Waals surface area (Å²) < 4.78 is 0. The molecule has 0 aliphatic carbocycles. The Labute approximate surface area is 132 Å². The Kier molecular flexibility index (Phi) is 4.19. The number of rotatable bonds is 2. The van der Waals surface area contributed by atoms with Crippen LogP contribution in [0.5, 0.6) is 0 Å². The molecule has 1 aromatic rings. The Hall–Kier alpha value is -1.84. The standard InChI is InChI=1S/C18H24N2O2/c1-13-8-14(2)10-16(9-13)20-12-15(11-17(20)21)18(22)19-6-4-3-5-7-19/h8-10,15H,3-7,11-12H2,1-2H3. The summed E-state index contributed by atoms with van der Waals surface area (Å²) in [5, 5.41) is 0. The van der Waals surface area contributed by atoms with Crippen molar-refractivity contribution < 1.29 is 9.59 Å². The van der Waals surface area contributed by atoms with Crippen LogP contribution in [-0.2, 0) is 9.59 Å². The average Bonchev–Trinajstić information content (AvgIpc) is 2.88. The predicted octanol–water partition coefficient (Wildman–Crippen LogP) is 2.67. The maximum atomic E-state index is 12.6. The molecule has 2 aliphatic heterocycles. The highest BCUT2D eigenvalue weighted by molar-refractivity contribution is 6.00. The normalized spacial score (nSPS) is 22.3. The van der Waals surface area contributed by atoms with E-state index in [2.05, 4.69) is 6.07 Å². The van der Waals surface area contributed by atoms with Crippen LogP contribution in [0.3, 0.4) is 0 Å². The fourth-order valence-electron chi connectivity index (χ4n) is 3.60. The number of amides is 2. The zero-order valence-electron chi connectivity index (χ0n) is 13.5. The summed E-state index contributed by atoms with van der Waals surface area (Å²) in [6.45, 7) is 6.30. The lowest BCUT2D eigenvalue weighted by Gasteiger charge is -2.29. The molecule has 22 heavy (non-hydrogen) atoms. The van der Waals surface area contributed by atoms with Crippen molar-refractivity contribution >= 4 is 17.5 Å². The third kappa shape index (κ3) is 3.01. The molecule has 0 radical (unpaired) electrons. The molecule has 2 saturated heterocycles. The molecule has 0 spiro atoms. The first-order valence-electron chi connectivity index (χ1n) is 8.22. The number of carbonyl (C=O) groups excluding carboxylic acids is 2. The van der Waals surface area contributed by atoms with Gasteiger partial charge in [-0.3, -0.25) is 9.59 Å². The molecule has 4 nitrogen and oxygen atoms in total. The van der Waals surface area contributed by atoms with E-state index >= 15 is 0 Å². The van der Waals surface area contributed by atoms with Crippen molar-refractivity contribution in [2.24, 2.45) is 5.92 Å². The number of likely N-dealkylation sites (tertiary alicyclic amines) is 1. The quantitative estimate of drug-likeness (QED) is 0.842. The second kappa shape index (κ2) is 6.11. The van der Waals surface area contributed by atoms with Crippen molar-refractivity contribution in [2.75, 3.05) is 24.5 Å². The van der Waals surface area contributed by atoms with E-state index in [9.17, 15) is 9.59 Å². The van der Waals surface area contributed by atoms with Crippen molar-refractivity contribution in [2.45, 2.75) is 39.5 Å². The molecule has 0 aromatic heterocycles. The molecule has 2 fully saturated rings. The van der Waals surface area contributed by atoms with Gasteiger partial charge in [-0.05, 0) is 56.4 Å². The predicted molar refractivity (Wildman–Crippen MR) is 86.8 cm³/mol. The van der Waals surface area contributed by atoms with Gasteiger partial charge in [-0.25, -0.2) is 0 Å². The Morgan fingerprint density at radius 2 is 1.68 bits per heavy atom. The maximum absolute atomic E-state index is 12.6. The van der Waals surface area contributed by atoms with Crippen LogP contribution in [0.25, 0.3) is 0 Å². The van der Waals surface area contributed by atoms with Gasteiger partial charge in [0.1, 0.15) is 0 Å². The molecule has 2 heterocycles. The van der Waals surface area contributed by atoms with E-state index < -0.39 is 0 Å². The van der Waals surface area contributed by atoms with E-state index in [-0.39, 0.29) is 17.7 Å². The number of aryl methyl sites for hydroxylation is 2. The summed E-state index contributed by atoms with van der Waals surface area (Å²) in [6.07, 6.45) is 3.74. The molecule has 0 saturated carbocycles. The minimum absolute atomic E-state index is 0.0698. The van der Waals surface area contributed by atoms with Crippen LogP contribution < -0.4 is 4.90 Å². The van der Waals surface area contributed by atoms with Gasteiger partial charge >= 0.3 is 0 Å². The second-order valence-electron chi connectivity index (χ2n) is 6.64. The minimum Gasteiger partial charge on any atom is -0.342 e. The number of hydrogen-bond acceptors (Lipinski definition) is 2. The third-order valence-corrected chi connectivity index (χ3v) is 4.66. The lowest BCUT2D eigenvalue weighted by molar-refractivity contribution is -0.136. The number of carbonyl (C=O) groups is 2. The van der Waals surface area contributed by atoms with Gasteiger partial charge in [-0.2, -0.15) is 0 Å². The zero-order chi connectivity index (χ0) is 15.7. The highest BCUT2D eigenvalue weighted by Crippen LogP contribution is 2.28. The molecular formula is C18H24N2O2. The fourth-order valence-corrected chi connectivity index (χ4v) is 3.60. The smallest absolute Gasteiger partial charge is 0.228 e. The monoisotopic (exact) mass is 300 g/mol. The van der Waals surface area contributed by atoms with E-state index in [0.717, 1.165) is 42.7 Å². The zero-order valence-corrected chi connectivity index (χ0v) is 13.5.